The molecule has 1 heterocycles. The Kier molecular flexibility index (Phi) is 5.44. The molecule has 0 bridgehead atoms. The van der Waals surface area contributed by atoms with Crippen molar-refractivity contribution < 1.29 is 9.59 Å². The maximum atomic E-state index is 12.4. The molecule has 2 saturated carbocycles. The van der Waals surface area contributed by atoms with Crippen molar-refractivity contribution >= 4 is 27.9 Å². The number of piperidine rings is 1. The Morgan fingerprint density at radius 1 is 1.07 bits per heavy atom. The number of carbonyl (C=O) groups is 2. The standard InChI is InChI=1S/C21H28BrN3O2/c22-17-6-4-16(5-7-17)21(10-1-11-21)14-23-20(27)24-18-8-12-25(13-9-18)19(26)15-2-3-15/h4-7,15,18H,1-3,8-14H2,(H2,23,24,27). The molecule has 3 amide bonds. The Bertz CT molecular complexity index is 690. The van der Waals surface area contributed by atoms with Gasteiger partial charge in [0.2, 0.25) is 5.91 Å². The van der Waals surface area contributed by atoms with Crippen molar-refractivity contribution in [2.24, 2.45) is 5.92 Å². The summed E-state index contributed by atoms with van der Waals surface area (Å²) in [6.45, 7) is 2.21. The van der Waals surface area contributed by atoms with Crippen LogP contribution in [0.3, 0.4) is 0 Å². The van der Waals surface area contributed by atoms with Crippen LogP contribution < -0.4 is 10.6 Å². The van der Waals surface area contributed by atoms with E-state index >= 15 is 0 Å². The summed E-state index contributed by atoms with van der Waals surface area (Å²) in [5.74, 6) is 0.606. The molecule has 3 fully saturated rings. The maximum Gasteiger partial charge on any atom is 0.315 e. The van der Waals surface area contributed by atoms with E-state index in [0.717, 1.165) is 56.1 Å². The van der Waals surface area contributed by atoms with Gasteiger partial charge in [-0.1, -0.05) is 34.5 Å². The van der Waals surface area contributed by atoms with E-state index < -0.39 is 0 Å². The number of hydrogen-bond acceptors (Lipinski definition) is 2. The molecule has 3 aliphatic rings. The van der Waals surface area contributed by atoms with Gasteiger partial charge in [-0.15, -0.1) is 0 Å². The van der Waals surface area contributed by atoms with Gasteiger partial charge in [0.25, 0.3) is 0 Å². The van der Waals surface area contributed by atoms with Crippen molar-refractivity contribution in [1.82, 2.24) is 15.5 Å². The second-order valence-electron chi connectivity index (χ2n) is 8.34. The fourth-order valence-electron chi connectivity index (χ4n) is 4.29. The zero-order valence-corrected chi connectivity index (χ0v) is 17.3. The second-order valence-corrected chi connectivity index (χ2v) is 9.26. The molecule has 27 heavy (non-hydrogen) atoms. The number of nitrogens with one attached hydrogen (secondary N) is 2. The molecule has 4 rings (SSSR count). The molecule has 0 radical (unpaired) electrons. The monoisotopic (exact) mass is 433 g/mol. The second kappa shape index (κ2) is 7.82. The molecule has 0 atom stereocenters. The minimum atomic E-state index is -0.0784. The van der Waals surface area contributed by atoms with Crippen LogP contribution in [0, 0.1) is 5.92 Å². The molecule has 2 N–H and O–H groups in total. The summed E-state index contributed by atoms with van der Waals surface area (Å²) in [4.78, 5) is 26.5. The van der Waals surface area contributed by atoms with Crippen LogP contribution in [0.2, 0.25) is 0 Å². The number of benzene rings is 1. The highest BCUT2D eigenvalue weighted by Gasteiger charge is 2.39. The summed E-state index contributed by atoms with van der Waals surface area (Å²) in [5.41, 5.74) is 1.39. The fourth-order valence-corrected chi connectivity index (χ4v) is 4.56. The molecule has 0 aromatic heterocycles. The predicted molar refractivity (Wildman–Crippen MR) is 109 cm³/mol. The Labute approximate surface area is 169 Å². The summed E-state index contributed by atoms with van der Waals surface area (Å²) < 4.78 is 1.08. The third-order valence-corrected chi connectivity index (χ3v) is 6.95. The Balaban J connectivity index is 1.23. The normalized spacial score (nSPS) is 22.0. The molecule has 0 unspecified atom stereocenters. The van der Waals surface area contributed by atoms with Crippen LogP contribution in [0.25, 0.3) is 0 Å². The summed E-state index contributed by atoms with van der Waals surface area (Å²) >= 11 is 3.49. The molecule has 1 saturated heterocycles. The first-order chi connectivity index (χ1) is 13.1. The fraction of sp³-hybridized carbons (Fsp3) is 0.619. The van der Waals surface area contributed by atoms with Gasteiger partial charge in [0.15, 0.2) is 0 Å². The summed E-state index contributed by atoms with van der Waals surface area (Å²) in [7, 11) is 0. The summed E-state index contributed by atoms with van der Waals surface area (Å²) in [6.07, 6.45) is 7.27. The zero-order valence-electron chi connectivity index (χ0n) is 15.7. The van der Waals surface area contributed by atoms with E-state index in [-0.39, 0.29) is 23.4 Å². The van der Waals surface area contributed by atoms with E-state index in [2.05, 4.69) is 50.8 Å². The molecule has 5 nitrogen and oxygen atoms in total. The number of rotatable bonds is 5. The largest absolute Gasteiger partial charge is 0.342 e. The minimum absolute atomic E-state index is 0.0784. The minimum Gasteiger partial charge on any atom is -0.342 e. The van der Waals surface area contributed by atoms with Crippen LogP contribution in [-0.4, -0.2) is 42.5 Å². The van der Waals surface area contributed by atoms with Crippen LogP contribution >= 0.6 is 15.9 Å². The maximum absolute atomic E-state index is 12.4. The zero-order chi connectivity index (χ0) is 18.9. The van der Waals surface area contributed by atoms with Gasteiger partial charge in [0.1, 0.15) is 0 Å². The number of halogens is 1. The van der Waals surface area contributed by atoms with E-state index in [0.29, 0.717) is 12.5 Å². The summed E-state index contributed by atoms with van der Waals surface area (Å²) in [6, 6.07) is 8.56. The van der Waals surface area contributed by atoms with Crippen LogP contribution in [0.4, 0.5) is 4.79 Å². The van der Waals surface area contributed by atoms with Gasteiger partial charge in [-0.3, -0.25) is 4.79 Å². The third-order valence-electron chi connectivity index (χ3n) is 6.42. The topological polar surface area (TPSA) is 61.4 Å². The number of hydrogen-bond donors (Lipinski definition) is 2. The van der Waals surface area contributed by atoms with Gasteiger partial charge in [-0.05, 0) is 56.2 Å². The van der Waals surface area contributed by atoms with Crippen molar-refractivity contribution in [3.63, 3.8) is 0 Å². The third kappa shape index (κ3) is 4.31. The first-order valence-corrected chi connectivity index (χ1v) is 10.9. The Morgan fingerprint density at radius 3 is 2.30 bits per heavy atom. The van der Waals surface area contributed by atoms with Gasteiger partial charge in [-0.25, -0.2) is 4.79 Å². The lowest BCUT2D eigenvalue weighted by molar-refractivity contribution is -0.133. The van der Waals surface area contributed by atoms with Crippen molar-refractivity contribution in [3.8, 4) is 0 Å². The van der Waals surface area contributed by atoms with E-state index in [4.69, 9.17) is 0 Å². The number of carbonyl (C=O) groups excluding carboxylic acids is 2. The van der Waals surface area contributed by atoms with Gasteiger partial charge < -0.3 is 15.5 Å². The van der Waals surface area contributed by atoms with Crippen LogP contribution in [0.1, 0.15) is 50.5 Å². The highest BCUT2D eigenvalue weighted by atomic mass is 79.9. The van der Waals surface area contributed by atoms with Crippen LogP contribution in [-0.2, 0) is 10.2 Å². The lowest BCUT2D eigenvalue weighted by Crippen LogP contribution is -2.52. The van der Waals surface area contributed by atoms with E-state index in [1.165, 1.54) is 12.0 Å². The van der Waals surface area contributed by atoms with Crippen molar-refractivity contribution in [2.75, 3.05) is 19.6 Å². The Morgan fingerprint density at radius 2 is 1.74 bits per heavy atom. The summed E-state index contributed by atoms with van der Waals surface area (Å²) in [5, 5.41) is 6.21. The van der Waals surface area contributed by atoms with Crippen LogP contribution in [0.5, 0.6) is 0 Å². The first-order valence-electron chi connectivity index (χ1n) is 10.1. The molecule has 146 valence electrons. The van der Waals surface area contributed by atoms with E-state index in [1.807, 2.05) is 4.90 Å². The van der Waals surface area contributed by atoms with Gasteiger partial charge in [0.05, 0.1) is 0 Å². The number of nitrogens with zero attached hydrogens (tertiary/aromatic N) is 1. The smallest absolute Gasteiger partial charge is 0.315 e. The van der Waals surface area contributed by atoms with Gasteiger partial charge in [0, 0.05) is 41.5 Å². The number of amides is 3. The molecular weight excluding hydrogens is 406 g/mol. The highest BCUT2D eigenvalue weighted by Crippen LogP contribution is 2.43. The number of likely N-dealkylation sites (tertiary alicyclic amines) is 1. The van der Waals surface area contributed by atoms with E-state index in [9.17, 15) is 9.59 Å². The van der Waals surface area contributed by atoms with Crippen LogP contribution in [0.15, 0.2) is 28.7 Å². The number of urea groups is 1. The molecule has 0 spiro atoms. The molecule has 2 aliphatic carbocycles. The van der Waals surface area contributed by atoms with Crippen molar-refractivity contribution in [1.29, 1.82) is 0 Å². The lowest BCUT2D eigenvalue weighted by atomic mass is 9.64. The predicted octanol–water partition coefficient (Wildman–Crippen LogP) is 3.57. The average Bonchev–Trinajstić information content (AvgIpc) is 3.47. The Hall–Kier alpha value is -1.56. The highest BCUT2D eigenvalue weighted by molar-refractivity contribution is 9.10. The van der Waals surface area contributed by atoms with Gasteiger partial charge >= 0.3 is 6.03 Å². The first kappa shape index (κ1) is 18.8. The average molecular weight is 434 g/mol. The molecular formula is C21H28BrN3O2. The molecule has 1 aliphatic heterocycles. The van der Waals surface area contributed by atoms with Crippen molar-refractivity contribution in [3.05, 3.63) is 34.3 Å². The SMILES string of the molecule is O=C(NCC1(c2ccc(Br)cc2)CCC1)NC1CCN(C(=O)C2CC2)CC1. The molecule has 1 aromatic carbocycles. The van der Waals surface area contributed by atoms with Crippen molar-refractivity contribution in [2.45, 2.75) is 56.4 Å². The van der Waals surface area contributed by atoms with Gasteiger partial charge in [-0.2, -0.15) is 0 Å². The molecule has 1 aromatic rings. The quantitative estimate of drug-likeness (QED) is 0.745. The molecule has 6 heteroatoms. The van der Waals surface area contributed by atoms with E-state index in [1.54, 1.807) is 0 Å². The lowest BCUT2D eigenvalue weighted by Gasteiger charge is -2.42.